The molecule has 140 valence electrons. The maximum absolute atomic E-state index is 12.4. The molecule has 1 amide bonds. The first-order valence-electron chi connectivity index (χ1n) is 7.49. The number of rotatable bonds is 7. The Morgan fingerprint density at radius 1 is 1.15 bits per heavy atom. The predicted molar refractivity (Wildman–Crippen MR) is 105 cm³/mol. The monoisotopic (exact) mass is 442 g/mol. The van der Waals surface area contributed by atoms with Gasteiger partial charge in [-0.3, -0.25) is 9.10 Å². The van der Waals surface area contributed by atoms with Gasteiger partial charge in [0.2, 0.25) is 15.9 Å². The van der Waals surface area contributed by atoms with E-state index in [4.69, 9.17) is 9.47 Å². The molecule has 0 atom stereocenters. The molecule has 2 aromatic carbocycles. The number of carbonyl (C=O) groups excluding carboxylic acids is 1. The Balaban J connectivity index is 2.30. The lowest BCUT2D eigenvalue weighted by atomic mass is 10.2. The summed E-state index contributed by atoms with van der Waals surface area (Å²) in [4.78, 5) is 12.4. The highest BCUT2D eigenvalue weighted by Gasteiger charge is 2.24. The first kappa shape index (κ1) is 20.1. The quantitative estimate of drug-likeness (QED) is 0.712. The summed E-state index contributed by atoms with van der Waals surface area (Å²) in [6.07, 6.45) is 1.03. The summed E-state index contributed by atoms with van der Waals surface area (Å²) < 4.78 is 36.7. The number of anilines is 2. The van der Waals surface area contributed by atoms with E-state index >= 15 is 0 Å². The van der Waals surface area contributed by atoms with E-state index in [1.165, 1.54) is 20.3 Å². The second-order valence-corrected chi connectivity index (χ2v) is 8.19. The molecule has 0 saturated carbocycles. The van der Waals surface area contributed by atoms with Gasteiger partial charge in [0.05, 0.1) is 26.2 Å². The number of carbonyl (C=O) groups is 1. The summed E-state index contributed by atoms with van der Waals surface area (Å²) in [6, 6.07) is 11.7. The van der Waals surface area contributed by atoms with Crippen LogP contribution in [0.2, 0.25) is 0 Å². The largest absolute Gasteiger partial charge is 0.497 e. The van der Waals surface area contributed by atoms with Gasteiger partial charge in [-0.05, 0) is 30.3 Å². The van der Waals surface area contributed by atoms with Gasteiger partial charge >= 0.3 is 0 Å². The van der Waals surface area contributed by atoms with Crippen molar-refractivity contribution in [3.05, 3.63) is 46.9 Å². The molecule has 0 spiro atoms. The van der Waals surface area contributed by atoms with E-state index < -0.39 is 22.5 Å². The third-order valence-electron chi connectivity index (χ3n) is 3.45. The van der Waals surface area contributed by atoms with Gasteiger partial charge in [-0.25, -0.2) is 8.42 Å². The third-order valence-corrected chi connectivity index (χ3v) is 5.07. The molecule has 0 fully saturated rings. The summed E-state index contributed by atoms with van der Waals surface area (Å²) in [5, 5.41) is 2.67. The van der Waals surface area contributed by atoms with Gasteiger partial charge in [-0.1, -0.05) is 22.0 Å². The lowest BCUT2D eigenvalue weighted by Crippen LogP contribution is -2.37. The highest BCUT2D eigenvalue weighted by atomic mass is 79.9. The van der Waals surface area contributed by atoms with Gasteiger partial charge in [-0.2, -0.15) is 0 Å². The first-order valence-corrected chi connectivity index (χ1v) is 10.1. The molecule has 9 heteroatoms. The normalized spacial score (nSPS) is 10.9. The molecule has 0 radical (unpaired) electrons. The number of hydrogen-bond donors (Lipinski definition) is 1. The van der Waals surface area contributed by atoms with Crippen LogP contribution in [-0.2, 0) is 14.8 Å². The summed E-state index contributed by atoms with van der Waals surface area (Å²) in [5.74, 6) is 0.314. The summed E-state index contributed by atoms with van der Waals surface area (Å²) in [6.45, 7) is -0.395. The van der Waals surface area contributed by atoms with Crippen molar-refractivity contribution in [2.45, 2.75) is 0 Å². The zero-order valence-corrected chi connectivity index (χ0v) is 16.9. The fourth-order valence-electron chi connectivity index (χ4n) is 2.27. The Labute approximate surface area is 161 Å². The van der Waals surface area contributed by atoms with Crippen molar-refractivity contribution in [2.75, 3.05) is 36.6 Å². The molecule has 0 saturated heterocycles. The molecule has 0 aliphatic rings. The molecule has 0 unspecified atom stereocenters. The Hall–Kier alpha value is -2.26. The predicted octanol–water partition coefficient (Wildman–Crippen LogP) is 2.87. The highest BCUT2D eigenvalue weighted by molar-refractivity contribution is 9.10. The van der Waals surface area contributed by atoms with E-state index in [-0.39, 0.29) is 11.4 Å². The average Bonchev–Trinajstić information content (AvgIpc) is 2.58. The van der Waals surface area contributed by atoms with Crippen LogP contribution in [0.4, 0.5) is 11.4 Å². The minimum atomic E-state index is -3.72. The minimum absolute atomic E-state index is 0.250. The molecule has 0 aromatic heterocycles. The number of sulfonamides is 1. The Morgan fingerprint density at radius 3 is 2.46 bits per heavy atom. The molecule has 26 heavy (non-hydrogen) atoms. The lowest BCUT2D eigenvalue weighted by molar-refractivity contribution is -0.114. The molecule has 0 bridgehead atoms. The molecule has 2 aromatic rings. The standard InChI is InChI=1S/C17H19BrN2O5S/c1-24-14-7-8-15(16(10-14)25-2)20(26(3,22)23)11-17(21)19-13-6-4-5-12(18)9-13/h4-10H,11H2,1-3H3,(H,19,21). The maximum Gasteiger partial charge on any atom is 0.245 e. The van der Waals surface area contributed by atoms with Crippen LogP contribution in [0.1, 0.15) is 0 Å². The number of methoxy groups -OCH3 is 2. The number of ether oxygens (including phenoxy) is 2. The number of hydrogen-bond acceptors (Lipinski definition) is 5. The van der Waals surface area contributed by atoms with E-state index in [9.17, 15) is 13.2 Å². The van der Waals surface area contributed by atoms with Gasteiger partial charge < -0.3 is 14.8 Å². The highest BCUT2D eigenvalue weighted by Crippen LogP contribution is 2.33. The lowest BCUT2D eigenvalue weighted by Gasteiger charge is -2.24. The van der Waals surface area contributed by atoms with Crippen LogP contribution in [0.25, 0.3) is 0 Å². The van der Waals surface area contributed by atoms with E-state index in [2.05, 4.69) is 21.2 Å². The molecule has 1 N–H and O–H groups in total. The van der Waals surface area contributed by atoms with Crippen molar-refractivity contribution in [3.63, 3.8) is 0 Å². The fourth-order valence-corrected chi connectivity index (χ4v) is 3.53. The van der Waals surface area contributed by atoms with Crippen molar-refractivity contribution in [2.24, 2.45) is 0 Å². The van der Waals surface area contributed by atoms with E-state index in [1.807, 2.05) is 6.07 Å². The summed E-state index contributed by atoms with van der Waals surface area (Å²) in [5.41, 5.74) is 0.805. The molecule has 0 heterocycles. The molecule has 7 nitrogen and oxygen atoms in total. The van der Waals surface area contributed by atoms with Crippen molar-refractivity contribution in [3.8, 4) is 11.5 Å². The Morgan fingerprint density at radius 2 is 1.88 bits per heavy atom. The first-order chi connectivity index (χ1) is 12.2. The molecule has 0 aliphatic heterocycles. The minimum Gasteiger partial charge on any atom is -0.497 e. The zero-order chi connectivity index (χ0) is 19.3. The smallest absolute Gasteiger partial charge is 0.245 e. The molecular weight excluding hydrogens is 424 g/mol. The van der Waals surface area contributed by atoms with Crippen LogP contribution >= 0.6 is 15.9 Å². The second kappa shape index (κ2) is 8.41. The zero-order valence-electron chi connectivity index (χ0n) is 14.5. The van der Waals surface area contributed by atoms with Gasteiger partial charge in [0.25, 0.3) is 0 Å². The van der Waals surface area contributed by atoms with Crippen molar-refractivity contribution < 1.29 is 22.7 Å². The second-order valence-electron chi connectivity index (χ2n) is 5.37. The van der Waals surface area contributed by atoms with E-state index in [0.717, 1.165) is 15.0 Å². The third kappa shape index (κ3) is 5.12. The fraction of sp³-hybridized carbons (Fsp3) is 0.235. The number of benzene rings is 2. The number of nitrogens with one attached hydrogen (secondary N) is 1. The van der Waals surface area contributed by atoms with Crippen molar-refractivity contribution in [1.82, 2.24) is 0 Å². The van der Waals surface area contributed by atoms with Gasteiger partial charge in [0.15, 0.2) is 0 Å². The van der Waals surface area contributed by atoms with Crippen molar-refractivity contribution in [1.29, 1.82) is 0 Å². The molecular formula is C17H19BrN2O5S. The van der Waals surface area contributed by atoms with Crippen LogP contribution < -0.4 is 19.1 Å². The number of amides is 1. The Bertz CT molecular complexity index is 902. The maximum atomic E-state index is 12.4. The summed E-state index contributed by atoms with van der Waals surface area (Å²) >= 11 is 3.32. The summed E-state index contributed by atoms with van der Waals surface area (Å²) in [7, 11) is -0.812. The van der Waals surface area contributed by atoms with Crippen LogP contribution in [-0.4, -0.2) is 41.3 Å². The number of nitrogens with zero attached hydrogens (tertiary/aromatic N) is 1. The molecule has 0 aliphatic carbocycles. The Kier molecular flexibility index (Phi) is 6.49. The average molecular weight is 443 g/mol. The van der Waals surface area contributed by atoms with Crippen LogP contribution in [0.3, 0.4) is 0 Å². The molecule has 2 rings (SSSR count). The SMILES string of the molecule is COc1ccc(N(CC(=O)Nc2cccc(Br)c2)S(C)(=O)=O)c(OC)c1. The topological polar surface area (TPSA) is 84.9 Å². The van der Waals surface area contributed by atoms with Gasteiger partial charge in [0.1, 0.15) is 18.0 Å². The van der Waals surface area contributed by atoms with E-state index in [1.54, 1.807) is 30.3 Å². The van der Waals surface area contributed by atoms with Crippen LogP contribution in [0.15, 0.2) is 46.9 Å². The van der Waals surface area contributed by atoms with Crippen LogP contribution in [0.5, 0.6) is 11.5 Å². The van der Waals surface area contributed by atoms with E-state index in [0.29, 0.717) is 11.4 Å². The van der Waals surface area contributed by atoms with Crippen molar-refractivity contribution >= 4 is 43.2 Å². The van der Waals surface area contributed by atoms with Gasteiger partial charge in [0, 0.05) is 16.2 Å². The van der Waals surface area contributed by atoms with Gasteiger partial charge in [-0.15, -0.1) is 0 Å². The van der Waals surface area contributed by atoms with Crippen LogP contribution in [0, 0.1) is 0 Å². The number of halogens is 1.